The maximum atomic E-state index is 13.6. The van der Waals surface area contributed by atoms with Crippen LogP contribution in [0, 0.1) is 21.7 Å². The number of esters is 4. The fourth-order valence-corrected chi connectivity index (χ4v) is 5.79. The number of hydrogen-bond donors (Lipinski definition) is 0. The van der Waals surface area contributed by atoms with Crippen LogP contribution in [-0.2, 0) is 54.0 Å². The molecule has 2 aromatic carbocycles. The molecule has 2 heterocycles. The van der Waals surface area contributed by atoms with Crippen LogP contribution in [0.1, 0.15) is 112 Å². The summed E-state index contributed by atoms with van der Waals surface area (Å²) < 4.78 is 42.3. The lowest BCUT2D eigenvalue weighted by atomic mass is 9.93. The lowest BCUT2D eigenvalue weighted by molar-refractivity contribution is -0.189. The summed E-state index contributed by atoms with van der Waals surface area (Å²) in [5, 5.41) is 0.506. The number of halogens is 1. The Morgan fingerprint density at radius 1 is 0.745 bits per heavy atom. The maximum Gasteiger partial charge on any atom is 0.311 e. The van der Waals surface area contributed by atoms with Crippen LogP contribution in [0.25, 0.3) is 0 Å². The Morgan fingerprint density at radius 3 is 1.84 bits per heavy atom. The number of hydrogen-bond acceptors (Lipinski definition) is 11. The van der Waals surface area contributed by atoms with Crippen molar-refractivity contribution in [1.29, 1.82) is 0 Å². The summed E-state index contributed by atoms with van der Waals surface area (Å²) in [4.78, 5) is 53.7. The molecule has 0 bridgehead atoms. The van der Waals surface area contributed by atoms with Crippen molar-refractivity contribution in [2.24, 2.45) is 21.7 Å². The molecule has 6 atom stereocenters. The van der Waals surface area contributed by atoms with E-state index in [0.29, 0.717) is 30.2 Å². The highest BCUT2D eigenvalue weighted by molar-refractivity contribution is 6.31. The molecule has 2 saturated heterocycles. The topological polar surface area (TPSA) is 133 Å². The van der Waals surface area contributed by atoms with Crippen molar-refractivity contribution in [3.05, 3.63) is 64.2 Å². The molecule has 0 aromatic heterocycles. The third-order valence-electron chi connectivity index (χ3n) is 9.10. The van der Waals surface area contributed by atoms with Crippen molar-refractivity contribution in [2.75, 3.05) is 19.8 Å². The van der Waals surface area contributed by atoms with Crippen LogP contribution < -0.4 is 4.74 Å². The SMILES string of the molecule is CC(C)(C)C(=O)OC[C@@H](OC(=O)C(C)(C)C)[C@H]1O[C@@H](c2ccc(Cl)c(Cc3ccc(O[C@H]4CCOC4)cc3)c2)[C@H](OC(=O)C(C)(C)C)[C@H]1OC(=O)C(C)(C)C. The summed E-state index contributed by atoms with van der Waals surface area (Å²) >= 11 is 6.77. The molecule has 0 N–H and O–H groups in total. The second-order valence-electron chi connectivity index (χ2n) is 18.6. The van der Waals surface area contributed by atoms with Crippen molar-refractivity contribution in [3.63, 3.8) is 0 Å². The third kappa shape index (κ3) is 11.9. The van der Waals surface area contributed by atoms with E-state index in [4.69, 9.17) is 44.8 Å². The molecule has 12 heteroatoms. The number of carbonyl (C=O) groups excluding carboxylic acids is 4. The molecule has 55 heavy (non-hydrogen) atoms. The van der Waals surface area contributed by atoms with E-state index in [0.717, 1.165) is 23.3 Å². The van der Waals surface area contributed by atoms with Crippen molar-refractivity contribution < 1.29 is 52.3 Å². The monoisotopic (exact) mass is 786 g/mol. The first-order valence-electron chi connectivity index (χ1n) is 18.9. The average Bonchev–Trinajstić information content (AvgIpc) is 3.71. The first-order valence-corrected chi connectivity index (χ1v) is 19.3. The molecule has 11 nitrogen and oxygen atoms in total. The highest BCUT2D eigenvalue weighted by Gasteiger charge is 2.55. The number of benzene rings is 2. The standard InChI is InChI=1S/C43H59ClO11/c1-40(2,3)36(45)50-24-31(52-37(46)41(4,5)6)33-35(55-39(48)43(10,11)12)34(54-38(47)42(7,8)9)32(53-33)26-15-18-30(44)27(22-26)21-25-13-16-28(17-14-25)51-29-19-20-49-23-29/h13-18,22,29,31-35H,19-21,23-24H2,1-12H3/t29-,31+,32-,33+,34-,35-/m0/s1. The minimum absolute atomic E-state index is 0.0289. The summed E-state index contributed by atoms with van der Waals surface area (Å²) in [6.45, 7) is 21.3. The summed E-state index contributed by atoms with van der Waals surface area (Å²) in [6, 6.07) is 13.1. The van der Waals surface area contributed by atoms with Gasteiger partial charge in [0.15, 0.2) is 18.3 Å². The van der Waals surface area contributed by atoms with Crippen LogP contribution in [0.5, 0.6) is 5.75 Å². The van der Waals surface area contributed by atoms with E-state index < -0.39 is 82.7 Å². The Balaban J connectivity index is 1.77. The van der Waals surface area contributed by atoms with E-state index in [2.05, 4.69) is 0 Å². The predicted octanol–water partition coefficient (Wildman–Crippen LogP) is 8.00. The van der Waals surface area contributed by atoms with Gasteiger partial charge in [-0.25, -0.2) is 0 Å². The smallest absolute Gasteiger partial charge is 0.311 e. The highest BCUT2D eigenvalue weighted by atomic mass is 35.5. The lowest BCUT2D eigenvalue weighted by Crippen LogP contribution is -2.49. The van der Waals surface area contributed by atoms with Crippen molar-refractivity contribution in [2.45, 2.75) is 133 Å². The van der Waals surface area contributed by atoms with E-state index in [1.54, 1.807) is 95.2 Å². The molecular formula is C43H59ClO11. The number of ether oxygens (including phenoxy) is 7. The summed E-state index contributed by atoms with van der Waals surface area (Å²) in [5.41, 5.74) is -1.38. The van der Waals surface area contributed by atoms with Crippen molar-refractivity contribution in [1.82, 2.24) is 0 Å². The first kappa shape index (κ1) is 44.0. The molecule has 0 spiro atoms. The van der Waals surface area contributed by atoms with Gasteiger partial charge in [-0.15, -0.1) is 0 Å². The Morgan fingerprint density at radius 2 is 1.31 bits per heavy atom. The molecule has 2 aliphatic heterocycles. The summed E-state index contributed by atoms with van der Waals surface area (Å²) in [6.07, 6.45) is -4.61. The number of carbonyl (C=O) groups is 4. The van der Waals surface area contributed by atoms with Crippen LogP contribution in [0.4, 0.5) is 0 Å². The fraction of sp³-hybridized carbons (Fsp3) is 0.628. The van der Waals surface area contributed by atoms with Gasteiger partial charge in [0.05, 0.1) is 34.9 Å². The quantitative estimate of drug-likeness (QED) is 0.162. The van der Waals surface area contributed by atoms with Crippen LogP contribution >= 0.6 is 11.6 Å². The van der Waals surface area contributed by atoms with Gasteiger partial charge in [-0.2, -0.15) is 0 Å². The van der Waals surface area contributed by atoms with Gasteiger partial charge in [-0.3, -0.25) is 19.2 Å². The molecule has 2 aliphatic rings. The molecule has 0 saturated carbocycles. The normalized spacial score (nSPS) is 22.5. The van der Waals surface area contributed by atoms with Gasteiger partial charge in [-0.05, 0) is 124 Å². The summed E-state index contributed by atoms with van der Waals surface area (Å²) in [5.74, 6) is -1.54. The third-order valence-corrected chi connectivity index (χ3v) is 9.46. The van der Waals surface area contributed by atoms with E-state index >= 15 is 0 Å². The fourth-order valence-electron chi connectivity index (χ4n) is 5.61. The Kier molecular flexibility index (Phi) is 13.8. The zero-order valence-electron chi connectivity index (χ0n) is 34.4. The van der Waals surface area contributed by atoms with Crippen molar-refractivity contribution in [3.8, 4) is 5.75 Å². The second-order valence-corrected chi connectivity index (χ2v) is 19.0. The molecule has 2 fully saturated rings. The second kappa shape index (κ2) is 17.2. The molecule has 4 rings (SSSR count). The van der Waals surface area contributed by atoms with Crippen LogP contribution in [0.15, 0.2) is 42.5 Å². The Bertz CT molecular complexity index is 1670. The van der Waals surface area contributed by atoms with Gasteiger partial charge < -0.3 is 33.2 Å². The minimum Gasteiger partial charge on any atom is -0.488 e. The average molecular weight is 787 g/mol. The van der Waals surface area contributed by atoms with E-state index in [-0.39, 0.29) is 6.10 Å². The van der Waals surface area contributed by atoms with Gasteiger partial charge in [0.1, 0.15) is 30.7 Å². The zero-order valence-corrected chi connectivity index (χ0v) is 35.2. The van der Waals surface area contributed by atoms with Crippen LogP contribution in [-0.4, -0.2) is 74.2 Å². The maximum absolute atomic E-state index is 13.6. The van der Waals surface area contributed by atoms with Gasteiger partial charge in [0.25, 0.3) is 0 Å². The summed E-state index contributed by atoms with van der Waals surface area (Å²) in [7, 11) is 0. The highest BCUT2D eigenvalue weighted by Crippen LogP contribution is 2.42. The van der Waals surface area contributed by atoms with Gasteiger partial charge in [0.2, 0.25) is 0 Å². The van der Waals surface area contributed by atoms with E-state index in [1.807, 2.05) is 30.3 Å². The molecule has 0 radical (unpaired) electrons. The van der Waals surface area contributed by atoms with Gasteiger partial charge in [-0.1, -0.05) is 35.9 Å². The lowest BCUT2D eigenvalue weighted by Gasteiger charge is -2.32. The molecule has 304 valence electrons. The van der Waals surface area contributed by atoms with Crippen LogP contribution in [0.3, 0.4) is 0 Å². The van der Waals surface area contributed by atoms with Gasteiger partial charge in [0, 0.05) is 11.4 Å². The Labute approximate surface area is 331 Å². The van der Waals surface area contributed by atoms with E-state index in [9.17, 15) is 19.2 Å². The van der Waals surface area contributed by atoms with Crippen LogP contribution in [0.2, 0.25) is 5.02 Å². The molecule has 0 amide bonds. The molecule has 0 unspecified atom stereocenters. The molecule has 0 aliphatic carbocycles. The first-order chi connectivity index (χ1) is 25.3. The predicted molar refractivity (Wildman–Crippen MR) is 207 cm³/mol. The largest absolute Gasteiger partial charge is 0.488 e. The van der Waals surface area contributed by atoms with Crippen molar-refractivity contribution >= 4 is 35.5 Å². The van der Waals surface area contributed by atoms with E-state index in [1.165, 1.54) is 0 Å². The molecular weight excluding hydrogens is 728 g/mol. The van der Waals surface area contributed by atoms with Gasteiger partial charge >= 0.3 is 23.9 Å². The zero-order chi connectivity index (χ0) is 41.1. The number of rotatable bonds is 11. The molecule has 2 aromatic rings. The Hall–Kier alpha value is -3.67. The minimum atomic E-state index is -1.27.